The van der Waals surface area contributed by atoms with Gasteiger partial charge in [0.2, 0.25) is 0 Å². The molecule has 0 spiro atoms. The second-order valence-corrected chi connectivity index (χ2v) is 16.2. The van der Waals surface area contributed by atoms with Crippen LogP contribution in [0.15, 0.2) is 48.5 Å². The maximum Gasteiger partial charge on any atom is 0.416 e. The van der Waals surface area contributed by atoms with E-state index in [1.54, 1.807) is 0 Å². The lowest BCUT2D eigenvalue weighted by atomic mass is 10.0. The van der Waals surface area contributed by atoms with Crippen LogP contribution in [0.1, 0.15) is 24.0 Å². The highest BCUT2D eigenvalue weighted by atomic mass is 32.2. The third-order valence-corrected chi connectivity index (χ3v) is 11.1. The van der Waals surface area contributed by atoms with E-state index in [4.69, 9.17) is 14.6 Å². The summed E-state index contributed by atoms with van der Waals surface area (Å²) in [5.41, 5.74) is -1.61. The molecule has 2 aromatic carbocycles. The zero-order valence-corrected chi connectivity index (χ0v) is 28.6. The molecule has 11 nitrogen and oxygen atoms in total. The normalized spacial score (nSPS) is 19.6. The molecule has 282 valence electrons. The molecule has 2 aromatic rings. The van der Waals surface area contributed by atoms with Crippen LogP contribution < -0.4 is 20.1 Å². The molecular formula is C31H40F6N2O9S2. The van der Waals surface area contributed by atoms with E-state index in [2.05, 4.69) is 15.4 Å². The number of hydrogen-bond acceptors (Lipinski definition) is 11. The minimum Gasteiger partial charge on any atom is -0.489 e. The number of hydrogen-bond donors (Lipinski definition) is 3. The van der Waals surface area contributed by atoms with Crippen molar-refractivity contribution in [1.82, 2.24) is 10.6 Å². The average molecular weight is 763 g/mol. The first-order valence-corrected chi connectivity index (χ1v) is 19.1. The van der Waals surface area contributed by atoms with Gasteiger partial charge in [0.25, 0.3) is 0 Å². The molecule has 2 aliphatic heterocycles. The number of aliphatic hydroxyl groups is 1. The van der Waals surface area contributed by atoms with E-state index in [0.29, 0.717) is 26.1 Å². The van der Waals surface area contributed by atoms with Crippen molar-refractivity contribution in [2.24, 2.45) is 11.8 Å². The third-order valence-electron chi connectivity index (χ3n) is 7.99. The summed E-state index contributed by atoms with van der Waals surface area (Å²) in [5, 5.41) is 15.0. The number of carbonyl (C=O) groups excluding carboxylic acids is 1. The van der Waals surface area contributed by atoms with Gasteiger partial charge in [-0.15, -0.1) is 0 Å². The number of esters is 1. The van der Waals surface area contributed by atoms with Gasteiger partial charge in [0.05, 0.1) is 42.1 Å². The van der Waals surface area contributed by atoms with Gasteiger partial charge < -0.3 is 30.0 Å². The molecule has 0 amide bonds. The summed E-state index contributed by atoms with van der Waals surface area (Å²) in [6.07, 6.45) is -8.96. The first kappa shape index (κ1) is 41.3. The molecule has 0 aliphatic carbocycles. The molecule has 0 saturated carbocycles. The Balaban J connectivity index is 0.000000271. The molecular weight excluding hydrogens is 722 g/mol. The van der Waals surface area contributed by atoms with Gasteiger partial charge in [-0.2, -0.15) is 26.3 Å². The lowest BCUT2D eigenvalue weighted by Crippen LogP contribution is -2.37. The minimum absolute atomic E-state index is 0.0549. The van der Waals surface area contributed by atoms with Gasteiger partial charge in [0.15, 0.2) is 19.7 Å². The van der Waals surface area contributed by atoms with Gasteiger partial charge >= 0.3 is 18.3 Å². The van der Waals surface area contributed by atoms with Crippen LogP contribution in [0.3, 0.4) is 0 Å². The standard InChI is InChI=1S/C16H20F3NO5S.C15H20F3NO4S/c1-24-15(21)10-26(22,23)9-14(11-6-7-20-8-11)25-13-4-2-12(3-5-13)16(17,18)19;16-15(17,18)12-1-3-13(4-2-12)23-14(11-5-6-19-9-11)10-24(21,22)8-7-20/h2-5,11,14,20H,6-10H2,1H3;1-4,11,14,19-20H,5-10H2/t2*11-,14+/m00/s1. The number of rotatable bonds is 14. The second-order valence-electron chi connectivity index (χ2n) is 11.8. The second kappa shape index (κ2) is 17.9. The van der Waals surface area contributed by atoms with Crippen LogP contribution in [-0.4, -0.2) is 103 Å². The fraction of sp³-hybridized carbons (Fsp3) is 0.581. The zero-order chi connectivity index (χ0) is 37.2. The quantitative estimate of drug-likeness (QED) is 0.192. The maximum absolute atomic E-state index is 12.6. The summed E-state index contributed by atoms with van der Waals surface area (Å²) in [4.78, 5) is 11.3. The molecule has 2 saturated heterocycles. The van der Waals surface area contributed by atoms with Gasteiger partial charge in [-0.25, -0.2) is 16.8 Å². The van der Waals surface area contributed by atoms with Crippen molar-refractivity contribution in [2.45, 2.75) is 37.4 Å². The SMILES string of the molecule is COC(=O)CS(=O)(=O)C[C@@H](Oc1ccc(C(F)(F)F)cc1)[C@H]1CCNC1.O=S(=O)(CCO)C[C@@H](Oc1ccc(C(F)(F)F)cc1)[C@H]1CCNC1. The Morgan fingerprint density at radius 3 is 1.48 bits per heavy atom. The van der Waals surface area contributed by atoms with Crippen LogP contribution in [0.2, 0.25) is 0 Å². The number of alkyl halides is 6. The first-order chi connectivity index (χ1) is 23.3. The van der Waals surface area contributed by atoms with Crippen molar-refractivity contribution in [3.63, 3.8) is 0 Å². The van der Waals surface area contributed by atoms with Gasteiger partial charge in [-0.1, -0.05) is 0 Å². The Morgan fingerprint density at radius 2 is 1.16 bits per heavy atom. The van der Waals surface area contributed by atoms with Gasteiger partial charge in [-0.3, -0.25) is 4.79 Å². The summed E-state index contributed by atoms with van der Waals surface area (Å²) in [5.74, 6) is -2.55. The fourth-order valence-corrected chi connectivity index (χ4v) is 8.06. The zero-order valence-electron chi connectivity index (χ0n) is 27.0. The van der Waals surface area contributed by atoms with Crippen molar-refractivity contribution in [1.29, 1.82) is 0 Å². The number of ether oxygens (including phenoxy) is 3. The van der Waals surface area contributed by atoms with Crippen molar-refractivity contribution in [3.05, 3.63) is 59.7 Å². The van der Waals surface area contributed by atoms with Crippen molar-refractivity contribution in [3.8, 4) is 11.5 Å². The summed E-state index contributed by atoms with van der Waals surface area (Å²) >= 11 is 0. The lowest BCUT2D eigenvalue weighted by molar-refractivity contribution is -0.138. The number of halogens is 6. The van der Waals surface area contributed by atoms with Crippen LogP contribution in [0.4, 0.5) is 26.3 Å². The largest absolute Gasteiger partial charge is 0.489 e. The number of carbonyl (C=O) groups is 1. The van der Waals surface area contributed by atoms with Crippen LogP contribution in [0.5, 0.6) is 11.5 Å². The highest BCUT2D eigenvalue weighted by Gasteiger charge is 2.35. The highest BCUT2D eigenvalue weighted by molar-refractivity contribution is 7.92. The number of nitrogens with one attached hydrogen (secondary N) is 2. The van der Waals surface area contributed by atoms with E-state index in [0.717, 1.165) is 56.5 Å². The third kappa shape index (κ3) is 13.5. The molecule has 0 aromatic heterocycles. The van der Waals surface area contributed by atoms with Gasteiger partial charge in [-0.05, 0) is 74.5 Å². The molecule has 3 N–H and O–H groups in total. The summed E-state index contributed by atoms with van der Waals surface area (Å²) < 4.78 is 140. The first-order valence-electron chi connectivity index (χ1n) is 15.5. The van der Waals surface area contributed by atoms with E-state index in [9.17, 15) is 48.0 Å². The van der Waals surface area contributed by atoms with E-state index in [1.807, 2.05) is 0 Å². The van der Waals surface area contributed by atoms with E-state index in [-0.39, 0.29) is 34.8 Å². The smallest absolute Gasteiger partial charge is 0.416 e. The number of benzene rings is 2. The van der Waals surface area contributed by atoms with Crippen molar-refractivity contribution >= 4 is 25.6 Å². The molecule has 4 atom stereocenters. The van der Waals surface area contributed by atoms with Crippen LogP contribution in [0.25, 0.3) is 0 Å². The van der Waals surface area contributed by atoms with E-state index >= 15 is 0 Å². The maximum atomic E-state index is 12.6. The minimum atomic E-state index is -4.46. The summed E-state index contributed by atoms with van der Waals surface area (Å²) in [7, 11) is -6.20. The molecule has 2 heterocycles. The highest BCUT2D eigenvalue weighted by Crippen LogP contribution is 2.32. The van der Waals surface area contributed by atoms with Gasteiger partial charge in [0, 0.05) is 24.9 Å². The topological polar surface area (TPSA) is 157 Å². The Hall–Kier alpha value is -3.13. The summed E-state index contributed by atoms with van der Waals surface area (Å²) in [6, 6.07) is 8.26. The van der Waals surface area contributed by atoms with Crippen molar-refractivity contribution < 1.29 is 67.3 Å². The predicted octanol–water partition coefficient (Wildman–Crippen LogP) is 3.12. The number of methoxy groups -OCH3 is 1. The predicted molar refractivity (Wildman–Crippen MR) is 170 cm³/mol. The van der Waals surface area contributed by atoms with Gasteiger partial charge in [0.1, 0.15) is 29.5 Å². The Bertz CT molecular complexity index is 1580. The molecule has 0 radical (unpaired) electrons. The molecule has 19 heteroatoms. The molecule has 0 bridgehead atoms. The number of sulfone groups is 2. The Morgan fingerprint density at radius 1 is 0.760 bits per heavy atom. The van der Waals surface area contributed by atoms with Crippen LogP contribution in [-0.2, 0) is 41.6 Å². The molecule has 4 rings (SSSR count). The Labute approximate surface area is 286 Å². The van der Waals surface area contributed by atoms with E-state index in [1.165, 1.54) is 12.1 Å². The number of aliphatic hydroxyl groups excluding tert-OH is 1. The van der Waals surface area contributed by atoms with Crippen LogP contribution in [0, 0.1) is 11.8 Å². The Kier molecular flexibility index (Phi) is 14.8. The molecule has 2 fully saturated rings. The molecule has 2 aliphatic rings. The van der Waals surface area contributed by atoms with Crippen LogP contribution >= 0.6 is 0 Å². The van der Waals surface area contributed by atoms with Crippen molar-refractivity contribution in [2.75, 3.05) is 62.9 Å². The fourth-order valence-electron chi connectivity index (χ4n) is 5.34. The lowest BCUT2D eigenvalue weighted by Gasteiger charge is -2.24. The molecule has 0 unspecified atom stereocenters. The average Bonchev–Trinajstić information content (AvgIpc) is 3.76. The molecule has 50 heavy (non-hydrogen) atoms. The van der Waals surface area contributed by atoms with E-state index < -0.39 is 79.4 Å². The monoisotopic (exact) mass is 762 g/mol. The summed E-state index contributed by atoms with van der Waals surface area (Å²) in [6.45, 7) is 2.06.